The molecule has 0 aliphatic rings. The lowest BCUT2D eigenvalue weighted by Gasteiger charge is -2.19. The number of fused-ring (bicyclic) bond motifs is 1. The third-order valence-corrected chi connectivity index (χ3v) is 5.29. The molecule has 0 unspecified atom stereocenters. The number of aryl methyl sites for hydroxylation is 4. The minimum atomic E-state index is -1.21. The molecule has 0 fully saturated rings. The van der Waals surface area contributed by atoms with Crippen LogP contribution in [0.4, 0.5) is 0 Å². The second kappa shape index (κ2) is 9.94. The standard InChI is InChI=1S/C20H27N7O5/c1-11-7-13-14(8-12(11)2)27(20(31)18(22-13)19-23-24-25-26(19)4)6-5-15(28)16(29)9-32-10-17(30)21-3/h7-8,15-16,28-29H,5-6,9-10H2,1-4H3,(H,21,30)/t15-,16+/m0/s1. The molecular formula is C20H27N7O5. The van der Waals surface area contributed by atoms with Crippen molar-refractivity contribution in [2.45, 2.75) is 39.0 Å². The normalized spacial score (nSPS) is 13.3. The van der Waals surface area contributed by atoms with Gasteiger partial charge in [0.25, 0.3) is 5.56 Å². The van der Waals surface area contributed by atoms with Gasteiger partial charge in [-0.25, -0.2) is 9.67 Å². The van der Waals surface area contributed by atoms with Crippen LogP contribution >= 0.6 is 0 Å². The zero-order valence-corrected chi connectivity index (χ0v) is 18.4. The van der Waals surface area contributed by atoms with Gasteiger partial charge in [0, 0.05) is 20.6 Å². The number of benzene rings is 1. The van der Waals surface area contributed by atoms with E-state index in [0.29, 0.717) is 11.0 Å². The third-order valence-electron chi connectivity index (χ3n) is 5.29. The summed E-state index contributed by atoms with van der Waals surface area (Å²) in [4.78, 5) is 29.0. The third kappa shape index (κ3) is 4.98. The fourth-order valence-corrected chi connectivity index (χ4v) is 3.20. The highest BCUT2D eigenvalue weighted by Gasteiger charge is 2.21. The molecule has 0 bridgehead atoms. The number of likely N-dealkylation sites (N-methyl/N-ethyl adjacent to an activating group) is 1. The number of aliphatic hydroxyl groups is 2. The van der Waals surface area contributed by atoms with Crippen molar-refractivity contribution in [3.63, 3.8) is 0 Å². The molecule has 0 radical (unpaired) electrons. The Bertz CT molecular complexity index is 1170. The van der Waals surface area contributed by atoms with E-state index in [9.17, 15) is 19.8 Å². The predicted molar refractivity (Wildman–Crippen MR) is 115 cm³/mol. The smallest absolute Gasteiger partial charge is 0.280 e. The van der Waals surface area contributed by atoms with Crippen LogP contribution in [0.5, 0.6) is 0 Å². The van der Waals surface area contributed by atoms with Crippen molar-refractivity contribution in [3.05, 3.63) is 33.6 Å². The topological polar surface area (TPSA) is 157 Å². The van der Waals surface area contributed by atoms with Crippen LogP contribution in [0.2, 0.25) is 0 Å². The number of aromatic nitrogens is 6. The van der Waals surface area contributed by atoms with Crippen LogP contribution in [-0.4, -0.2) is 78.3 Å². The molecule has 32 heavy (non-hydrogen) atoms. The lowest BCUT2D eigenvalue weighted by molar-refractivity contribution is -0.127. The van der Waals surface area contributed by atoms with E-state index in [2.05, 4.69) is 25.8 Å². The van der Waals surface area contributed by atoms with Crippen LogP contribution in [0.1, 0.15) is 17.5 Å². The minimum Gasteiger partial charge on any atom is -0.390 e. The van der Waals surface area contributed by atoms with Crippen molar-refractivity contribution >= 4 is 16.9 Å². The molecule has 2 heterocycles. The van der Waals surface area contributed by atoms with Gasteiger partial charge in [-0.1, -0.05) is 0 Å². The van der Waals surface area contributed by atoms with Crippen LogP contribution < -0.4 is 10.9 Å². The zero-order valence-electron chi connectivity index (χ0n) is 18.4. The Balaban J connectivity index is 1.89. The Morgan fingerprint density at radius 2 is 1.94 bits per heavy atom. The van der Waals surface area contributed by atoms with E-state index in [4.69, 9.17) is 4.74 Å². The average molecular weight is 445 g/mol. The molecular weight excluding hydrogens is 418 g/mol. The number of nitrogens with zero attached hydrogens (tertiary/aromatic N) is 6. The summed E-state index contributed by atoms with van der Waals surface area (Å²) in [7, 11) is 3.09. The molecule has 0 saturated carbocycles. The number of hydrogen-bond acceptors (Lipinski definition) is 9. The molecule has 1 aromatic carbocycles. The lowest BCUT2D eigenvalue weighted by Crippen LogP contribution is -2.34. The highest BCUT2D eigenvalue weighted by Crippen LogP contribution is 2.20. The van der Waals surface area contributed by atoms with Gasteiger partial charge < -0.3 is 24.8 Å². The summed E-state index contributed by atoms with van der Waals surface area (Å²) in [5, 5.41) is 34.2. The maximum absolute atomic E-state index is 13.3. The Morgan fingerprint density at radius 1 is 1.22 bits per heavy atom. The van der Waals surface area contributed by atoms with Gasteiger partial charge in [0.1, 0.15) is 12.7 Å². The Hall–Kier alpha value is -3.22. The molecule has 0 aliphatic heterocycles. The Morgan fingerprint density at radius 3 is 2.59 bits per heavy atom. The van der Waals surface area contributed by atoms with Gasteiger partial charge in [0.2, 0.25) is 11.7 Å². The van der Waals surface area contributed by atoms with Crippen molar-refractivity contribution in [2.75, 3.05) is 20.3 Å². The molecule has 12 nitrogen and oxygen atoms in total. The van der Waals surface area contributed by atoms with Gasteiger partial charge in [-0.05, 0) is 54.0 Å². The number of carbonyl (C=O) groups is 1. The van der Waals surface area contributed by atoms with Crippen molar-refractivity contribution in [1.29, 1.82) is 0 Å². The van der Waals surface area contributed by atoms with Crippen LogP contribution in [0.15, 0.2) is 16.9 Å². The largest absolute Gasteiger partial charge is 0.390 e. The van der Waals surface area contributed by atoms with Crippen LogP contribution in [0.3, 0.4) is 0 Å². The van der Waals surface area contributed by atoms with Gasteiger partial charge in [-0.15, -0.1) is 5.10 Å². The molecule has 0 spiro atoms. The number of carbonyl (C=O) groups excluding carboxylic acids is 1. The van der Waals surface area contributed by atoms with Crippen molar-refractivity contribution in [3.8, 4) is 11.5 Å². The molecule has 2 aromatic heterocycles. The number of tetrazole rings is 1. The number of nitrogens with one attached hydrogen (secondary N) is 1. The van der Waals surface area contributed by atoms with Crippen LogP contribution in [0.25, 0.3) is 22.6 Å². The molecule has 2 atom stereocenters. The SMILES string of the molecule is CNC(=O)COC[C@@H](O)[C@@H](O)CCn1c(=O)c(-c2nnnn2C)nc2cc(C)c(C)cc21. The Kier molecular flexibility index (Phi) is 7.28. The molecule has 3 aromatic rings. The van der Waals surface area contributed by atoms with E-state index in [1.54, 1.807) is 7.05 Å². The van der Waals surface area contributed by atoms with Gasteiger partial charge in [-0.3, -0.25) is 9.59 Å². The summed E-state index contributed by atoms with van der Waals surface area (Å²) in [5.41, 5.74) is 2.89. The highest BCUT2D eigenvalue weighted by atomic mass is 16.5. The van der Waals surface area contributed by atoms with E-state index >= 15 is 0 Å². The van der Waals surface area contributed by atoms with E-state index < -0.39 is 17.8 Å². The average Bonchev–Trinajstić information content (AvgIpc) is 3.19. The van der Waals surface area contributed by atoms with Crippen molar-refractivity contribution < 1.29 is 19.7 Å². The molecule has 172 valence electrons. The highest BCUT2D eigenvalue weighted by molar-refractivity contribution is 5.79. The summed E-state index contributed by atoms with van der Waals surface area (Å²) >= 11 is 0. The molecule has 0 saturated heterocycles. The van der Waals surface area contributed by atoms with E-state index in [-0.39, 0.29) is 43.6 Å². The maximum Gasteiger partial charge on any atom is 0.280 e. The summed E-state index contributed by atoms with van der Waals surface area (Å²) in [6.45, 7) is 3.57. The molecule has 1 amide bonds. The minimum absolute atomic E-state index is 0.0763. The number of amides is 1. The summed E-state index contributed by atoms with van der Waals surface area (Å²) < 4.78 is 7.96. The number of rotatable bonds is 9. The monoisotopic (exact) mass is 445 g/mol. The second-order valence-electron chi connectivity index (χ2n) is 7.58. The van der Waals surface area contributed by atoms with E-state index in [1.165, 1.54) is 16.3 Å². The van der Waals surface area contributed by atoms with E-state index in [1.807, 2.05) is 26.0 Å². The summed E-state index contributed by atoms with van der Waals surface area (Å²) in [6.07, 6.45) is -2.30. The van der Waals surface area contributed by atoms with Gasteiger partial charge in [0.05, 0.1) is 23.7 Å². The molecule has 3 N–H and O–H groups in total. The number of ether oxygens (including phenoxy) is 1. The van der Waals surface area contributed by atoms with Gasteiger partial charge >= 0.3 is 0 Å². The van der Waals surface area contributed by atoms with Gasteiger partial charge in [0.15, 0.2) is 5.69 Å². The number of aliphatic hydroxyl groups excluding tert-OH is 2. The van der Waals surface area contributed by atoms with Crippen molar-refractivity contribution in [1.82, 2.24) is 35.1 Å². The summed E-state index contributed by atoms with van der Waals surface area (Å²) in [6, 6.07) is 3.75. The number of hydrogen-bond donors (Lipinski definition) is 3. The lowest BCUT2D eigenvalue weighted by atomic mass is 10.1. The second-order valence-corrected chi connectivity index (χ2v) is 7.58. The first-order chi connectivity index (χ1) is 15.2. The summed E-state index contributed by atoms with van der Waals surface area (Å²) in [5.74, 6) is -0.106. The molecule has 12 heteroatoms. The Labute approximate surface area is 183 Å². The molecule has 3 rings (SSSR count). The fourth-order valence-electron chi connectivity index (χ4n) is 3.20. The molecule has 0 aliphatic carbocycles. The van der Waals surface area contributed by atoms with E-state index in [0.717, 1.165) is 11.1 Å². The van der Waals surface area contributed by atoms with Crippen LogP contribution in [0, 0.1) is 13.8 Å². The quantitative estimate of drug-likeness (QED) is 0.379. The zero-order chi connectivity index (χ0) is 23.4. The predicted octanol–water partition coefficient (Wildman–Crippen LogP) is -0.922. The first-order valence-electron chi connectivity index (χ1n) is 10.1. The van der Waals surface area contributed by atoms with Crippen LogP contribution in [-0.2, 0) is 23.1 Å². The van der Waals surface area contributed by atoms with Gasteiger partial charge in [-0.2, -0.15) is 0 Å². The fraction of sp³-hybridized carbons (Fsp3) is 0.500. The first kappa shape index (κ1) is 23.4. The first-order valence-corrected chi connectivity index (χ1v) is 10.1. The van der Waals surface area contributed by atoms with Crippen molar-refractivity contribution in [2.24, 2.45) is 7.05 Å². The maximum atomic E-state index is 13.3.